The summed E-state index contributed by atoms with van der Waals surface area (Å²) < 4.78 is 51.8. The molecule has 80 valence electrons. The Hall–Kier alpha value is -1.84. The van der Waals surface area contributed by atoms with Crippen LogP contribution in [0.5, 0.6) is 5.75 Å². The molecule has 0 N–H and O–H groups in total. The van der Waals surface area contributed by atoms with Gasteiger partial charge in [-0.1, -0.05) is 0 Å². The molecule has 0 aliphatic rings. The molecule has 0 radical (unpaired) electrons. The lowest BCUT2D eigenvalue weighted by Crippen LogP contribution is -2.18. The fourth-order valence-electron chi connectivity index (χ4n) is 0.869. The summed E-state index contributed by atoms with van der Waals surface area (Å²) in [6, 6.07) is 2.32. The Kier molecular flexibility index (Phi) is 3.09. The summed E-state index contributed by atoms with van der Waals surface area (Å²) >= 11 is 0. The van der Waals surface area contributed by atoms with E-state index >= 15 is 0 Å². The monoisotopic (exact) mass is 220 g/mol. The lowest BCUT2D eigenvalue weighted by Gasteiger charge is -2.10. The van der Waals surface area contributed by atoms with Gasteiger partial charge in [-0.25, -0.2) is 4.39 Å². The molecule has 0 amide bonds. The second kappa shape index (κ2) is 4.13. The molecule has 0 saturated heterocycles. The fourth-order valence-corrected chi connectivity index (χ4v) is 0.869. The van der Waals surface area contributed by atoms with Crippen molar-refractivity contribution in [2.24, 2.45) is 0 Å². The molecule has 3 nitrogen and oxygen atoms in total. The summed E-state index contributed by atoms with van der Waals surface area (Å²) in [6.07, 6.45) is -4.44. The van der Waals surface area contributed by atoms with E-state index in [0.717, 1.165) is 12.3 Å². The topological polar surface area (TPSA) is 45.9 Å². The van der Waals surface area contributed by atoms with E-state index in [1.54, 1.807) is 6.07 Å². The van der Waals surface area contributed by atoms with Gasteiger partial charge in [0, 0.05) is 12.3 Å². The zero-order chi connectivity index (χ0) is 11.5. The normalized spacial score (nSPS) is 10.9. The SMILES string of the molecule is N#CCc1nccc(OC(F)(F)F)c1F. The van der Waals surface area contributed by atoms with Crippen LogP contribution in [0, 0.1) is 17.1 Å². The molecule has 1 rings (SSSR count). The summed E-state index contributed by atoms with van der Waals surface area (Å²) in [7, 11) is 0. The molecular formula is C8H4F4N2O. The molecule has 0 saturated carbocycles. The average molecular weight is 220 g/mol. The van der Waals surface area contributed by atoms with Gasteiger partial charge in [-0.05, 0) is 0 Å². The van der Waals surface area contributed by atoms with Crippen LogP contribution in [0.25, 0.3) is 0 Å². The molecule has 0 spiro atoms. The van der Waals surface area contributed by atoms with E-state index in [4.69, 9.17) is 5.26 Å². The maximum atomic E-state index is 13.2. The second-order valence-corrected chi connectivity index (χ2v) is 2.45. The number of nitriles is 1. The lowest BCUT2D eigenvalue weighted by atomic mass is 10.2. The summed E-state index contributed by atoms with van der Waals surface area (Å²) in [5.41, 5.74) is -0.376. The molecule has 0 bridgehead atoms. The molecule has 0 fully saturated rings. The number of hydrogen-bond donors (Lipinski definition) is 0. The standard InChI is InChI=1S/C8H4F4N2O/c9-7-5(1-3-13)14-4-2-6(7)15-8(10,11)12/h2,4H,1H2. The van der Waals surface area contributed by atoms with Crippen molar-refractivity contribution in [3.05, 3.63) is 23.8 Å². The predicted octanol–water partition coefficient (Wildman–Crippen LogP) is 2.19. The Bertz CT molecular complexity index is 397. The van der Waals surface area contributed by atoms with Crippen LogP contribution in [0.2, 0.25) is 0 Å². The van der Waals surface area contributed by atoms with E-state index in [-0.39, 0.29) is 5.69 Å². The Morgan fingerprint density at radius 3 is 2.67 bits per heavy atom. The van der Waals surface area contributed by atoms with Crippen LogP contribution in [0.15, 0.2) is 12.3 Å². The number of pyridine rings is 1. The van der Waals surface area contributed by atoms with Crippen LogP contribution in [0.1, 0.15) is 5.69 Å². The van der Waals surface area contributed by atoms with E-state index < -0.39 is 24.3 Å². The highest BCUT2D eigenvalue weighted by Gasteiger charge is 2.32. The third-order valence-corrected chi connectivity index (χ3v) is 1.40. The third-order valence-electron chi connectivity index (χ3n) is 1.40. The Labute approximate surface area is 81.9 Å². The molecule has 15 heavy (non-hydrogen) atoms. The maximum absolute atomic E-state index is 13.2. The minimum absolute atomic E-state index is 0.376. The molecule has 0 atom stereocenters. The van der Waals surface area contributed by atoms with Gasteiger partial charge in [0.2, 0.25) is 0 Å². The number of halogens is 4. The van der Waals surface area contributed by atoms with Crippen molar-refractivity contribution in [2.45, 2.75) is 12.8 Å². The summed E-state index contributed by atoms with van der Waals surface area (Å²) in [5.74, 6) is -2.25. The number of hydrogen-bond acceptors (Lipinski definition) is 3. The second-order valence-electron chi connectivity index (χ2n) is 2.45. The van der Waals surface area contributed by atoms with Gasteiger partial charge in [0.25, 0.3) is 0 Å². The van der Waals surface area contributed by atoms with Gasteiger partial charge < -0.3 is 4.74 Å². The highest BCUT2D eigenvalue weighted by Crippen LogP contribution is 2.26. The highest BCUT2D eigenvalue weighted by molar-refractivity contribution is 5.27. The highest BCUT2D eigenvalue weighted by atomic mass is 19.4. The quantitative estimate of drug-likeness (QED) is 0.717. The lowest BCUT2D eigenvalue weighted by molar-refractivity contribution is -0.275. The molecule has 0 aromatic carbocycles. The predicted molar refractivity (Wildman–Crippen MR) is 40.2 cm³/mol. The van der Waals surface area contributed by atoms with Crippen molar-refractivity contribution in [1.29, 1.82) is 5.26 Å². The van der Waals surface area contributed by atoms with Gasteiger partial charge in [-0.15, -0.1) is 13.2 Å². The van der Waals surface area contributed by atoms with E-state index in [2.05, 4.69) is 9.72 Å². The zero-order valence-electron chi connectivity index (χ0n) is 7.18. The van der Waals surface area contributed by atoms with Gasteiger partial charge in [0.15, 0.2) is 11.6 Å². The molecule has 0 aliphatic carbocycles. The van der Waals surface area contributed by atoms with E-state index in [9.17, 15) is 17.6 Å². The van der Waals surface area contributed by atoms with Crippen LogP contribution >= 0.6 is 0 Å². The van der Waals surface area contributed by atoms with Gasteiger partial charge in [-0.2, -0.15) is 5.26 Å². The van der Waals surface area contributed by atoms with Crippen LogP contribution in [-0.4, -0.2) is 11.3 Å². The zero-order valence-corrected chi connectivity index (χ0v) is 7.18. The first-order valence-corrected chi connectivity index (χ1v) is 3.70. The van der Waals surface area contributed by atoms with Crippen molar-refractivity contribution in [1.82, 2.24) is 4.98 Å². The van der Waals surface area contributed by atoms with Gasteiger partial charge in [0.1, 0.15) is 0 Å². The largest absolute Gasteiger partial charge is 0.573 e. The van der Waals surface area contributed by atoms with Crippen molar-refractivity contribution >= 4 is 0 Å². The van der Waals surface area contributed by atoms with Crippen molar-refractivity contribution in [3.63, 3.8) is 0 Å². The molecule has 0 aliphatic heterocycles. The first-order valence-electron chi connectivity index (χ1n) is 3.70. The first-order chi connectivity index (χ1) is 6.94. The summed E-state index contributed by atoms with van der Waals surface area (Å²) in [5, 5.41) is 8.25. The third kappa shape index (κ3) is 3.09. The first kappa shape index (κ1) is 11.2. The van der Waals surface area contributed by atoms with Crippen LogP contribution in [0.4, 0.5) is 17.6 Å². The number of alkyl halides is 3. The molecule has 1 aromatic rings. The average Bonchev–Trinajstić information content (AvgIpc) is 2.10. The minimum atomic E-state index is -4.97. The fraction of sp³-hybridized carbons (Fsp3) is 0.250. The molecule has 1 heterocycles. The smallest absolute Gasteiger partial charge is 0.403 e. The Balaban J connectivity index is 3.00. The summed E-state index contributed by atoms with van der Waals surface area (Å²) in [6.45, 7) is 0. The van der Waals surface area contributed by atoms with Crippen molar-refractivity contribution in [2.75, 3.05) is 0 Å². The van der Waals surface area contributed by atoms with Crippen LogP contribution < -0.4 is 4.74 Å². The minimum Gasteiger partial charge on any atom is -0.403 e. The molecule has 0 unspecified atom stereocenters. The maximum Gasteiger partial charge on any atom is 0.573 e. The van der Waals surface area contributed by atoms with Crippen molar-refractivity contribution < 1.29 is 22.3 Å². The molecule has 1 aromatic heterocycles. The number of nitrogens with zero attached hydrogens (tertiary/aromatic N) is 2. The van der Waals surface area contributed by atoms with Gasteiger partial charge in [-0.3, -0.25) is 4.98 Å². The van der Waals surface area contributed by atoms with E-state index in [1.807, 2.05) is 0 Å². The Morgan fingerprint density at radius 1 is 1.47 bits per heavy atom. The van der Waals surface area contributed by atoms with Gasteiger partial charge in [0.05, 0.1) is 18.2 Å². The van der Waals surface area contributed by atoms with Gasteiger partial charge >= 0.3 is 6.36 Å². The molecule has 7 heteroatoms. The molecular weight excluding hydrogens is 216 g/mol. The van der Waals surface area contributed by atoms with Crippen molar-refractivity contribution in [3.8, 4) is 11.8 Å². The van der Waals surface area contributed by atoms with E-state index in [1.165, 1.54) is 0 Å². The van der Waals surface area contributed by atoms with Crippen LogP contribution in [0.3, 0.4) is 0 Å². The number of ether oxygens (including phenoxy) is 1. The summed E-state index contributed by atoms with van der Waals surface area (Å²) in [4.78, 5) is 3.41. The van der Waals surface area contributed by atoms with Crippen LogP contribution in [-0.2, 0) is 6.42 Å². The van der Waals surface area contributed by atoms with E-state index in [0.29, 0.717) is 0 Å². The Morgan fingerprint density at radius 2 is 2.13 bits per heavy atom. The number of aromatic nitrogens is 1. The number of rotatable bonds is 2.